The lowest BCUT2D eigenvalue weighted by molar-refractivity contribution is -0.119. The van der Waals surface area contributed by atoms with Gasteiger partial charge in [0.1, 0.15) is 6.04 Å². The number of nitrogens with one attached hydrogen (secondary N) is 1. The van der Waals surface area contributed by atoms with E-state index in [2.05, 4.69) is 17.3 Å². The maximum absolute atomic E-state index is 13.4. The third-order valence-electron chi connectivity index (χ3n) is 5.58. The van der Waals surface area contributed by atoms with Gasteiger partial charge in [-0.1, -0.05) is 50.2 Å². The Balaban J connectivity index is 1.82. The Bertz CT molecular complexity index is 1320. The Hall–Kier alpha value is -2.99. The second-order valence-corrected chi connectivity index (χ2v) is 8.57. The van der Waals surface area contributed by atoms with E-state index >= 15 is 0 Å². The van der Waals surface area contributed by atoms with Crippen LogP contribution in [0.15, 0.2) is 47.3 Å². The predicted octanol–water partition coefficient (Wildman–Crippen LogP) is 5.38. The van der Waals surface area contributed by atoms with Crippen LogP contribution in [0.3, 0.4) is 0 Å². The number of carbonyl (C=O) groups is 1. The molecular formula is C24H25N3O2S. The molecule has 2 aromatic heterocycles. The summed E-state index contributed by atoms with van der Waals surface area (Å²) in [5, 5.41) is 9.19. The van der Waals surface area contributed by atoms with Gasteiger partial charge in [0.25, 0.3) is 5.56 Å². The topological polar surface area (TPSA) is 64.0 Å². The lowest BCUT2D eigenvalue weighted by Gasteiger charge is -2.20. The molecule has 0 spiro atoms. The van der Waals surface area contributed by atoms with E-state index in [0.717, 1.165) is 43.7 Å². The number of benzene rings is 2. The highest BCUT2D eigenvalue weighted by molar-refractivity contribution is 7.26. The van der Waals surface area contributed by atoms with Gasteiger partial charge in [0.05, 0.1) is 15.8 Å². The molecule has 0 saturated heterocycles. The van der Waals surface area contributed by atoms with Crippen molar-refractivity contribution in [1.29, 1.82) is 0 Å². The number of amides is 1. The minimum absolute atomic E-state index is 0.212. The lowest BCUT2D eigenvalue weighted by atomic mass is 10.1. The Morgan fingerprint density at radius 1 is 1.13 bits per heavy atom. The molecule has 0 saturated carbocycles. The summed E-state index contributed by atoms with van der Waals surface area (Å²) in [5.74, 6) is -0.214. The third-order valence-corrected chi connectivity index (χ3v) is 6.86. The molecule has 4 aromatic rings. The molecule has 1 atom stereocenters. The van der Waals surface area contributed by atoms with Gasteiger partial charge in [-0.2, -0.15) is 5.10 Å². The molecule has 6 heteroatoms. The number of hydrogen-bond donors (Lipinski definition) is 1. The first-order valence-electron chi connectivity index (χ1n) is 10.3. The smallest absolute Gasteiger partial charge is 0.276 e. The number of para-hydroxylation sites is 1. The Labute approximate surface area is 179 Å². The Morgan fingerprint density at radius 2 is 1.90 bits per heavy atom. The van der Waals surface area contributed by atoms with E-state index in [1.54, 1.807) is 11.3 Å². The number of hydrogen-bond acceptors (Lipinski definition) is 4. The fourth-order valence-corrected chi connectivity index (χ4v) is 5.10. The molecule has 0 aliphatic carbocycles. The molecule has 0 bridgehead atoms. The number of anilines is 1. The SMILES string of the molecule is CCc1cccc(C)c1NC(=O)[C@@H](CC)n1nc(C)c2sc3ccccc3c2c1=O. The fourth-order valence-electron chi connectivity index (χ4n) is 3.97. The van der Waals surface area contributed by atoms with E-state index < -0.39 is 6.04 Å². The molecule has 1 amide bonds. The van der Waals surface area contributed by atoms with Gasteiger partial charge >= 0.3 is 0 Å². The Morgan fingerprint density at radius 3 is 2.63 bits per heavy atom. The van der Waals surface area contributed by atoms with Crippen LogP contribution in [0.5, 0.6) is 0 Å². The number of rotatable bonds is 5. The van der Waals surface area contributed by atoms with E-state index in [0.29, 0.717) is 11.8 Å². The first-order valence-corrected chi connectivity index (χ1v) is 11.1. The van der Waals surface area contributed by atoms with Crippen LogP contribution in [0, 0.1) is 13.8 Å². The largest absolute Gasteiger partial charge is 0.324 e. The van der Waals surface area contributed by atoms with E-state index in [1.165, 1.54) is 4.68 Å². The number of fused-ring (bicyclic) bond motifs is 3. The number of thiophene rings is 1. The minimum atomic E-state index is -0.677. The van der Waals surface area contributed by atoms with Gasteiger partial charge in [0.2, 0.25) is 5.91 Å². The molecule has 0 unspecified atom stereocenters. The molecule has 154 valence electrons. The van der Waals surface area contributed by atoms with Crippen molar-refractivity contribution in [3.63, 3.8) is 0 Å². The van der Waals surface area contributed by atoms with E-state index in [9.17, 15) is 9.59 Å². The molecule has 1 N–H and O–H groups in total. The normalized spacial score (nSPS) is 12.4. The lowest BCUT2D eigenvalue weighted by Crippen LogP contribution is -2.35. The average Bonchev–Trinajstić information content (AvgIpc) is 3.14. The molecule has 4 rings (SSSR count). The van der Waals surface area contributed by atoms with Gasteiger partial charge in [-0.25, -0.2) is 4.68 Å². The standard InChI is InChI=1S/C24H25N3O2S/c1-5-16-11-9-10-14(3)21(16)25-23(28)18(6-2)27-24(29)20-17-12-7-8-13-19(17)30-22(20)15(4)26-27/h7-13,18H,5-6H2,1-4H3,(H,25,28)/t18-/m1/s1. The molecule has 0 radical (unpaired) electrons. The van der Waals surface area contributed by atoms with E-state index in [1.807, 2.05) is 63.2 Å². The zero-order chi connectivity index (χ0) is 21.4. The Kier molecular flexibility index (Phi) is 5.43. The van der Waals surface area contributed by atoms with Crippen molar-refractivity contribution in [3.8, 4) is 0 Å². The molecule has 0 aliphatic heterocycles. The number of nitrogens with zero attached hydrogens (tertiary/aromatic N) is 2. The molecule has 0 fully saturated rings. The second kappa shape index (κ2) is 8.03. The quantitative estimate of drug-likeness (QED) is 0.472. The van der Waals surface area contributed by atoms with Gasteiger partial charge in [0.15, 0.2) is 0 Å². The summed E-state index contributed by atoms with van der Waals surface area (Å²) in [6.07, 6.45) is 1.29. The van der Waals surface area contributed by atoms with Crippen LogP contribution < -0.4 is 10.9 Å². The number of aryl methyl sites for hydroxylation is 3. The van der Waals surface area contributed by atoms with Gasteiger partial charge in [-0.05, 0) is 43.9 Å². The van der Waals surface area contributed by atoms with Crippen LogP contribution in [0.25, 0.3) is 20.2 Å². The molecule has 2 aromatic carbocycles. The molecule has 0 aliphatic rings. The highest BCUT2D eigenvalue weighted by Crippen LogP contribution is 2.33. The fraction of sp³-hybridized carbons (Fsp3) is 0.292. The van der Waals surface area contributed by atoms with Crippen LogP contribution in [0.2, 0.25) is 0 Å². The highest BCUT2D eigenvalue weighted by Gasteiger charge is 2.25. The van der Waals surface area contributed by atoms with Crippen molar-refractivity contribution in [1.82, 2.24) is 9.78 Å². The maximum Gasteiger partial charge on any atom is 0.276 e. The van der Waals surface area contributed by atoms with Gasteiger partial charge in [0, 0.05) is 15.8 Å². The monoisotopic (exact) mass is 419 g/mol. The highest BCUT2D eigenvalue weighted by atomic mass is 32.1. The van der Waals surface area contributed by atoms with Crippen LogP contribution in [-0.4, -0.2) is 15.7 Å². The number of carbonyl (C=O) groups excluding carboxylic acids is 1. The average molecular weight is 420 g/mol. The van der Waals surface area contributed by atoms with Crippen molar-refractivity contribution in [2.24, 2.45) is 0 Å². The summed E-state index contributed by atoms with van der Waals surface area (Å²) in [6, 6.07) is 13.2. The number of aromatic nitrogens is 2. The summed E-state index contributed by atoms with van der Waals surface area (Å²) in [4.78, 5) is 26.7. The van der Waals surface area contributed by atoms with Gasteiger partial charge in [-0.15, -0.1) is 11.3 Å². The summed E-state index contributed by atoms with van der Waals surface area (Å²) >= 11 is 1.57. The predicted molar refractivity (Wildman–Crippen MR) is 125 cm³/mol. The summed E-state index contributed by atoms with van der Waals surface area (Å²) in [6.45, 7) is 7.84. The van der Waals surface area contributed by atoms with E-state index in [4.69, 9.17) is 0 Å². The van der Waals surface area contributed by atoms with Gasteiger partial charge in [-0.3, -0.25) is 9.59 Å². The van der Waals surface area contributed by atoms with Crippen LogP contribution in [-0.2, 0) is 11.2 Å². The van der Waals surface area contributed by atoms with Crippen molar-refractivity contribution >= 4 is 43.1 Å². The van der Waals surface area contributed by atoms with Crippen molar-refractivity contribution in [2.75, 3.05) is 5.32 Å². The zero-order valence-electron chi connectivity index (χ0n) is 17.7. The third kappa shape index (κ3) is 3.31. The first-order chi connectivity index (χ1) is 14.5. The zero-order valence-corrected chi connectivity index (χ0v) is 18.5. The van der Waals surface area contributed by atoms with Crippen molar-refractivity contribution in [3.05, 3.63) is 69.6 Å². The summed E-state index contributed by atoms with van der Waals surface area (Å²) < 4.78 is 3.31. The summed E-state index contributed by atoms with van der Waals surface area (Å²) in [7, 11) is 0. The molecular weight excluding hydrogens is 394 g/mol. The van der Waals surface area contributed by atoms with Crippen LogP contribution in [0.1, 0.15) is 43.1 Å². The molecule has 2 heterocycles. The minimum Gasteiger partial charge on any atom is -0.324 e. The van der Waals surface area contributed by atoms with Crippen molar-refractivity contribution < 1.29 is 4.79 Å². The second-order valence-electron chi connectivity index (χ2n) is 7.51. The van der Waals surface area contributed by atoms with Gasteiger partial charge < -0.3 is 5.32 Å². The summed E-state index contributed by atoms with van der Waals surface area (Å²) in [5.41, 5.74) is 3.47. The first kappa shape index (κ1) is 20.3. The molecule has 30 heavy (non-hydrogen) atoms. The maximum atomic E-state index is 13.4. The molecule has 5 nitrogen and oxygen atoms in total. The van der Waals surface area contributed by atoms with Crippen molar-refractivity contribution in [2.45, 2.75) is 46.6 Å². The van der Waals surface area contributed by atoms with E-state index in [-0.39, 0.29) is 11.5 Å². The van der Waals surface area contributed by atoms with Crippen LogP contribution in [0.4, 0.5) is 5.69 Å². The van der Waals surface area contributed by atoms with Crippen LogP contribution >= 0.6 is 11.3 Å².